The van der Waals surface area contributed by atoms with Gasteiger partial charge in [0.25, 0.3) is 0 Å². The third-order valence-corrected chi connectivity index (χ3v) is 3.67. The van der Waals surface area contributed by atoms with E-state index in [9.17, 15) is 4.79 Å². The second-order valence-electron chi connectivity index (χ2n) is 5.34. The fraction of sp³-hybridized carbons (Fsp3) is 0.400. The fourth-order valence-electron chi connectivity index (χ4n) is 2.69. The lowest BCUT2D eigenvalue weighted by Gasteiger charge is -2.20. The second-order valence-corrected chi connectivity index (χ2v) is 5.34. The number of imidazole rings is 1. The SMILES string of the molecule is Cc1cccc(NC(=O)[C@H]2CCc3nc(C)[nH]c3C2)n1. The van der Waals surface area contributed by atoms with Crippen LogP contribution in [0.4, 0.5) is 5.82 Å². The Bertz CT molecular complexity index is 647. The average Bonchev–Trinajstić information content (AvgIpc) is 2.77. The van der Waals surface area contributed by atoms with Crippen LogP contribution in [0.3, 0.4) is 0 Å². The molecular weight excluding hydrogens is 252 g/mol. The fourth-order valence-corrected chi connectivity index (χ4v) is 2.69. The van der Waals surface area contributed by atoms with Crippen molar-refractivity contribution in [2.45, 2.75) is 33.1 Å². The van der Waals surface area contributed by atoms with E-state index in [2.05, 4.69) is 20.3 Å². The number of nitrogens with one attached hydrogen (secondary N) is 2. The molecule has 2 N–H and O–H groups in total. The molecule has 0 fully saturated rings. The van der Waals surface area contributed by atoms with Gasteiger partial charge in [0.05, 0.1) is 5.69 Å². The third kappa shape index (κ3) is 2.57. The Labute approximate surface area is 117 Å². The van der Waals surface area contributed by atoms with Crippen LogP contribution in [0, 0.1) is 19.8 Å². The van der Waals surface area contributed by atoms with Crippen molar-refractivity contribution in [2.75, 3.05) is 5.32 Å². The van der Waals surface area contributed by atoms with Crippen molar-refractivity contribution in [2.24, 2.45) is 5.92 Å². The number of aromatic amines is 1. The van der Waals surface area contributed by atoms with Crippen LogP contribution in [0.15, 0.2) is 18.2 Å². The summed E-state index contributed by atoms with van der Waals surface area (Å²) in [5.74, 6) is 1.59. The third-order valence-electron chi connectivity index (χ3n) is 3.67. The predicted octanol–water partition coefficient (Wildman–Crippen LogP) is 2.17. The number of carbonyl (C=O) groups excluding carboxylic acids is 1. The highest BCUT2D eigenvalue weighted by Crippen LogP contribution is 2.24. The monoisotopic (exact) mass is 270 g/mol. The van der Waals surface area contributed by atoms with Crippen LogP contribution < -0.4 is 5.32 Å². The Morgan fingerprint density at radius 1 is 1.35 bits per heavy atom. The summed E-state index contributed by atoms with van der Waals surface area (Å²) in [7, 11) is 0. The first-order valence-corrected chi connectivity index (χ1v) is 6.90. The van der Waals surface area contributed by atoms with Gasteiger partial charge >= 0.3 is 0 Å². The molecule has 0 aromatic carbocycles. The Morgan fingerprint density at radius 3 is 3.00 bits per heavy atom. The summed E-state index contributed by atoms with van der Waals surface area (Å²) >= 11 is 0. The molecule has 0 bridgehead atoms. The highest BCUT2D eigenvalue weighted by Gasteiger charge is 2.27. The molecule has 0 radical (unpaired) electrons. The van der Waals surface area contributed by atoms with E-state index >= 15 is 0 Å². The van der Waals surface area contributed by atoms with Crippen molar-refractivity contribution in [1.82, 2.24) is 15.0 Å². The van der Waals surface area contributed by atoms with E-state index in [4.69, 9.17) is 0 Å². The van der Waals surface area contributed by atoms with Gasteiger partial charge < -0.3 is 10.3 Å². The van der Waals surface area contributed by atoms with Crippen LogP contribution in [0.1, 0.15) is 29.3 Å². The number of nitrogens with zero attached hydrogens (tertiary/aromatic N) is 2. The van der Waals surface area contributed by atoms with E-state index in [0.717, 1.165) is 42.2 Å². The van der Waals surface area contributed by atoms with Crippen LogP contribution in [-0.4, -0.2) is 20.9 Å². The van der Waals surface area contributed by atoms with Crippen molar-refractivity contribution in [3.8, 4) is 0 Å². The molecule has 0 spiro atoms. The number of aryl methyl sites for hydroxylation is 3. The van der Waals surface area contributed by atoms with Crippen molar-refractivity contribution < 1.29 is 4.79 Å². The van der Waals surface area contributed by atoms with Crippen molar-refractivity contribution in [1.29, 1.82) is 0 Å². The molecule has 0 unspecified atom stereocenters. The number of fused-ring (bicyclic) bond motifs is 1. The largest absolute Gasteiger partial charge is 0.346 e. The zero-order valence-corrected chi connectivity index (χ0v) is 11.7. The van der Waals surface area contributed by atoms with Gasteiger partial charge in [-0.1, -0.05) is 6.07 Å². The standard InChI is InChI=1S/C15H18N4O/c1-9-4-3-5-14(16-9)19-15(20)11-6-7-12-13(8-11)18-10(2)17-12/h3-5,11H,6-8H2,1-2H3,(H,17,18)(H,16,19,20)/t11-/m0/s1. The molecule has 1 aliphatic rings. The molecule has 20 heavy (non-hydrogen) atoms. The van der Waals surface area contributed by atoms with Crippen LogP contribution in [0.25, 0.3) is 0 Å². The van der Waals surface area contributed by atoms with E-state index in [1.54, 1.807) is 0 Å². The Kier molecular flexibility index (Phi) is 3.26. The lowest BCUT2D eigenvalue weighted by Crippen LogP contribution is -2.28. The minimum atomic E-state index is -0.00957. The Morgan fingerprint density at radius 2 is 2.20 bits per heavy atom. The van der Waals surface area contributed by atoms with Gasteiger partial charge in [0.1, 0.15) is 11.6 Å². The summed E-state index contributed by atoms with van der Waals surface area (Å²) in [6.45, 7) is 3.86. The quantitative estimate of drug-likeness (QED) is 0.878. The van der Waals surface area contributed by atoms with Gasteiger partial charge in [-0.25, -0.2) is 9.97 Å². The molecule has 3 rings (SSSR count). The first kappa shape index (κ1) is 12.8. The van der Waals surface area contributed by atoms with E-state index in [0.29, 0.717) is 5.82 Å². The normalized spacial score (nSPS) is 17.6. The zero-order valence-electron chi connectivity index (χ0n) is 11.7. The minimum absolute atomic E-state index is 0.00957. The molecule has 0 saturated carbocycles. The number of anilines is 1. The molecule has 0 aliphatic heterocycles. The summed E-state index contributed by atoms with van der Waals surface area (Å²) in [5, 5.41) is 2.91. The zero-order chi connectivity index (χ0) is 14.1. The van der Waals surface area contributed by atoms with E-state index in [-0.39, 0.29) is 11.8 Å². The molecule has 1 atom stereocenters. The molecule has 2 heterocycles. The molecule has 104 valence electrons. The Hall–Kier alpha value is -2.17. The van der Waals surface area contributed by atoms with Crippen molar-refractivity contribution in [3.05, 3.63) is 41.1 Å². The second kappa shape index (κ2) is 5.07. The van der Waals surface area contributed by atoms with Gasteiger partial charge in [-0.05, 0) is 38.8 Å². The number of amides is 1. The average molecular weight is 270 g/mol. The first-order chi connectivity index (χ1) is 9.61. The van der Waals surface area contributed by atoms with Crippen molar-refractivity contribution >= 4 is 11.7 Å². The van der Waals surface area contributed by atoms with Gasteiger partial charge in [-0.2, -0.15) is 0 Å². The minimum Gasteiger partial charge on any atom is -0.346 e. The van der Waals surface area contributed by atoms with Crippen LogP contribution >= 0.6 is 0 Å². The summed E-state index contributed by atoms with van der Waals surface area (Å²) < 4.78 is 0. The molecule has 5 heteroatoms. The van der Waals surface area contributed by atoms with Gasteiger partial charge in [0.2, 0.25) is 5.91 Å². The van der Waals surface area contributed by atoms with Gasteiger partial charge in [-0.3, -0.25) is 4.79 Å². The number of H-pyrrole nitrogens is 1. The highest BCUT2D eigenvalue weighted by molar-refractivity contribution is 5.92. The summed E-state index contributed by atoms with van der Waals surface area (Å²) in [4.78, 5) is 24.3. The van der Waals surface area contributed by atoms with Crippen LogP contribution in [0.2, 0.25) is 0 Å². The van der Waals surface area contributed by atoms with Gasteiger partial charge in [0, 0.05) is 23.7 Å². The smallest absolute Gasteiger partial charge is 0.229 e. The molecule has 1 amide bonds. The molecule has 2 aromatic rings. The van der Waals surface area contributed by atoms with Crippen molar-refractivity contribution in [3.63, 3.8) is 0 Å². The maximum absolute atomic E-state index is 12.3. The van der Waals surface area contributed by atoms with Gasteiger partial charge in [0.15, 0.2) is 0 Å². The molecule has 0 saturated heterocycles. The molecular formula is C15H18N4O. The maximum Gasteiger partial charge on any atom is 0.229 e. The number of aromatic nitrogens is 3. The first-order valence-electron chi connectivity index (χ1n) is 6.90. The van der Waals surface area contributed by atoms with E-state index in [1.165, 1.54) is 0 Å². The maximum atomic E-state index is 12.3. The topological polar surface area (TPSA) is 70.7 Å². The molecule has 5 nitrogen and oxygen atoms in total. The number of hydrogen-bond donors (Lipinski definition) is 2. The lowest BCUT2D eigenvalue weighted by molar-refractivity contribution is -0.120. The summed E-state index contributed by atoms with van der Waals surface area (Å²) in [6.07, 6.45) is 2.43. The van der Waals surface area contributed by atoms with Crippen LogP contribution in [0.5, 0.6) is 0 Å². The highest BCUT2D eigenvalue weighted by atomic mass is 16.1. The van der Waals surface area contributed by atoms with Crippen LogP contribution in [-0.2, 0) is 17.6 Å². The number of rotatable bonds is 2. The molecule has 2 aromatic heterocycles. The summed E-state index contributed by atoms with van der Waals surface area (Å²) in [6, 6.07) is 5.63. The van der Waals surface area contributed by atoms with E-state index < -0.39 is 0 Å². The summed E-state index contributed by atoms with van der Waals surface area (Å²) in [5.41, 5.74) is 3.12. The van der Waals surface area contributed by atoms with E-state index in [1.807, 2.05) is 32.0 Å². The van der Waals surface area contributed by atoms with Gasteiger partial charge in [-0.15, -0.1) is 0 Å². The Balaban J connectivity index is 1.70. The predicted molar refractivity (Wildman–Crippen MR) is 76.4 cm³/mol. The number of pyridine rings is 1. The number of hydrogen-bond acceptors (Lipinski definition) is 3. The molecule has 1 aliphatic carbocycles. The lowest BCUT2D eigenvalue weighted by atomic mass is 9.89. The number of carbonyl (C=O) groups is 1.